The van der Waals surface area contributed by atoms with Gasteiger partial charge in [0.05, 0.1) is 30.8 Å². The third kappa shape index (κ3) is 11.2. The number of carbonyl (C=O) groups is 2. The van der Waals surface area contributed by atoms with E-state index in [0.717, 1.165) is 12.0 Å². The summed E-state index contributed by atoms with van der Waals surface area (Å²) in [6.07, 6.45) is 7.93. The van der Waals surface area contributed by atoms with Crippen LogP contribution in [0.4, 0.5) is 4.79 Å². The Morgan fingerprint density at radius 1 is 1.22 bits per heavy atom. The van der Waals surface area contributed by atoms with Gasteiger partial charge in [-0.25, -0.2) is 4.79 Å². The molecule has 256 valence electrons. The van der Waals surface area contributed by atoms with Gasteiger partial charge >= 0.3 is 12.1 Å². The molecule has 45 heavy (non-hydrogen) atoms. The van der Waals surface area contributed by atoms with Gasteiger partial charge in [0.1, 0.15) is 11.7 Å². The molecule has 3 rings (SSSR count). The second-order valence-electron chi connectivity index (χ2n) is 14.1. The first-order chi connectivity index (χ1) is 21.1. The molecule has 0 bridgehead atoms. The molecule has 0 spiro atoms. The van der Waals surface area contributed by atoms with Crippen LogP contribution >= 0.6 is 0 Å². The predicted octanol–water partition coefficient (Wildman–Crippen LogP) is 4.28. The number of aliphatic hydroxyl groups excluding tert-OH is 2. The summed E-state index contributed by atoms with van der Waals surface area (Å²) in [5.74, 6) is -0.455. The van der Waals surface area contributed by atoms with Crippen molar-refractivity contribution in [2.45, 2.75) is 142 Å². The highest BCUT2D eigenvalue weighted by Gasteiger charge is 2.45. The minimum Gasteiger partial charge on any atom is -0.457 e. The van der Waals surface area contributed by atoms with Crippen molar-refractivity contribution in [1.82, 2.24) is 10.2 Å². The first-order valence-corrected chi connectivity index (χ1v) is 16.8. The first-order valence-electron chi connectivity index (χ1n) is 16.8. The van der Waals surface area contributed by atoms with E-state index < -0.39 is 36.0 Å². The number of piperazine rings is 1. The molecule has 2 saturated heterocycles. The Morgan fingerprint density at radius 2 is 1.89 bits per heavy atom. The molecule has 0 radical (unpaired) electrons. The van der Waals surface area contributed by atoms with Crippen LogP contribution in [0.2, 0.25) is 0 Å². The van der Waals surface area contributed by atoms with Gasteiger partial charge in [-0.1, -0.05) is 52.0 Å². The van der Waals surface area contributed by atoms with Crippen LogP contribution in [-0.2, 0) is 19.0 Å². The van der Waals surface area contributed by atoms with Crippen molar-refractivity contribution in [2.75, 3.05) is 13.1 Å². The quantitative estimate of drug-likeness (QED) is 0.127. The number of cyclic esters (lactones) is 1. The number of esters is 1. The average molecular weight is 635 g/mol. The van der Waals surface area contributed by atoms with Gasteiger partial charge in [0.2, 0.25) is 0 Å². The van der Waals surface area contributed by atoms with Crippen molar-refractivity contribution in [3.8, 4) is 0 Å². The summed E-state index contributed by atoms with van der Waals surface area (Å²) < 4.78 is 17.6. The molecule has 4 N–H and O–H groups in total. The van der Waals surface area contributed by atoms with Gasteiger partial charge in [0.15, 0.2) is 6.10 Å². The van der Waals surface area contributed by atoms with Gasteiger partial charge in [-0.3, -0.25) is 4.79 Å². The number of rotatable bonds is 9. The summed E-state index contributed by atoms with van der Waals surface area (Å²) in [5, 5.41) is 35.5. The number of nitrogens with zero attached hydrogens (tertiary/aromatic N) is 1. The van der Waals surface area contributed by atoms with E-state index in [1.54, 1.807) is 17.9 Å². The number of ether oxygens (including phenoxy) is 3. The average Bonchev–Trinajstić information content (AvgIpc) is 3.73. The fraction of sp³-hybridized carbons (Fsp3) is 0.771. The molecule has 12 unspecified atom stereocenters. The van der Waals surface area contributed by atoms with Crippen molar-refractivity contribution in [2.24, 2.45) is 17.8 Å². The SMILES string of the molecule is CCC(O)C(C)C1OC1CC(C)/C=C/C=C(\C)C1OC(=O)CC(O)CCC(C)(O)C(OC(=O)N2CC(C)NC(C)C2)/C=C\C1C. The van der Waals surface area contributed by atoms with Crippen LogP contribution in [0.15, 0.2) is 36.0 Å². The van der Waals surface area contributed by atoms with E-state index in [-0.39, 0.29) is 67.4 Å². The van der Waals surface area contributed by atoms with E-state index in [0.29, 0.717) is 19.5 Å². The molecule has 0 aromatic carbocycles. The van der Waals surface area contributed by atoms with Crippen LogP contribution in [-0.4, -0.2) is 99.7 Å². The summed E-state index contributed by atoms with van der Waals surface area (Å²) >= 11 is 0. The van der Waals surface area contributed by atoms with Crippen molar-refractivity contribution in [1.29, 1.82) is 0 Å². The van der Waals surface area contributed by atoms with E-state index in [1.807, 2.05) is 59.8 Å². The van der Waals surface area contributed by atoms with E-state index in [1.165, 1.54) is 0 Å². The van der Waals surface area contributed by atoms with Gasteiger partial charge in [-0.15, -0.1) is 0 Å². The summed E-state index contributed by atoms with van der Waals surface area (Å²) in [4.78, 5) is 27.7. The highest BCUT2D eigenvalue weighted by molar-refractivity contribution is 5.70. The van der Waals surface area contributed by atoms with Crippen LogP contribution in [0, 0.1) is 17.8 Å². The fourth-order valence-electron chi connectivity index (χ4n) is 6.45. The number of amides is 1. The Bertz CT molecular complexity index is 1060. The van der Waals surface area contributed by atoms with E-state index in [2.05, 4.69) is 18.3 Å². The maximum absolute atomic E-state index is 13.2. The number of hydrogen-bond acceptors (Lipinski definition) is 9. The highest BCUT2D eigenvalue weighted by Crippen LogP contribution is 2.36. The zero-order valence-electron chi connectivity index (χ0n) is 28.5. The lowest BCUT2D eigenvalue weighted by atomic mass is 9.88. The Hall–Kier alpha value is -2.24. The monoisotopic (exact) mass is 634 g/mol. The molecule has 0 aliphatic carbocycles. The maximum atomic E-state index is 13.2. The molecule has 3 aliphatic heterocycles. The molecule has 12 atom stereocenters. The maximum Gasteiger partial charge on any atom is 0.410 e. The van der Waals surface area contributed by atoms with Gasteiger partial charge in [0, 0.05) is 37.0 Å². The minimum atomic E-state index is -1.46. The molecule has 0 saturated carbocycles. The molecule has 2 fully saturated rings. The Balaban J connectivity index is 1.72. The topological polar surface area (TPSA) is 141 Å². The molecule has 0 aromatic rings. The van der Waals surface area contributed by atoms with Crippen molar-refractivity contribution >= 4 is 12.1 Å². The third-order valence-electron chi connectivity index (χ3n) is 9.38. The smallest absolute Gasteiger partial charge is 0.410 e. The number of nitrogens with one attached hydrogen (secondary N) is 1. The molecule has 3 aliphatic rings. The standard InChI is InChI=1S/C35H58N2O8/c1-9-28(39)26(7)33-29(43-33)17-21(2)11-10-12-22(3)32-23(4)13-14-30(35(8,42)16-15-27(38)18-31(40)45-32)44-34(41)37-19-24(5)36-25(6)20-37/h10-14,21,23-30,32-33,36,38-39,42H,9,15-20H2,1-8H3/b11-10+,14-13-,22-12+. The summed E-state index contributed by atoms with van der Waals surface area (Å²) in [6, 6.07) is 0.238. The van der Waals surface area contributed by atoms with Gasteiger partial charge < -0.3 is 39.7 Å². The molecular formula is C35H58N2O8. The number of carbonyl (C=O) groups excluding carboxylic acids is 2. The molecule has 10 heteroatoms. The Morgan fingerprint density at radius 3 is 2.53 bits per heavy atom. The zero-order chi connectivity index (χ0) is 33.5. The van der Waals surface area contributed by atoms with E-state index >= 15 is 0 Å². The minimum absolute atomic E-state index is 0.0968. The lowest BCUT2D eigenvalue weighted by Gasteiger charge is -2.38. The van der Waals surface area contributed by atoms with Gasteiger partial charge in [-0.2, -0.15) is 0 Å². The number of aliphatic hydroxyl groups is 3. The van der Waals surface area contributed by atoms with Crippen LogP contribution in [0.1, 0.15) is 87.5 Å². The first kappa shape index (κ1) is 37.2. The summed E-state index contributed by atoms with van der Waals surface area (Å²) in [6.45, 7) is 16.5. The van der Waals surface area contributed by atoms with Gasteiger partial charge in [-0.05, 0) is 70.9 Å². The predicted molar refractivity (Wildman–Crippen MR) is 173 cm³/mol. The second kappa shape index (κ2) is 16.5. The Labute approximate surface area is 269 Å². The number of allylic oxidation sites excluding steroid dienone is 3. The van der Waals surface area contributed by atoms with Crippen LogP contribution in [0.5, 0.6) is 0 Å². The number of epoxide rings is 1. The zero-order valence-corrected chi connectivity index (χ0v) is 28.5. The van der Waals surface area contributed by atoms with Crippen LogP contribution in [0.3, 0.4) is 0 Å². The molecule has 1 amide bonds. The normalized spacial score (nSPS) is 38.0. The number of hydrogen-bond donors (Lipinski definition) is 4. The third-order valence-corrected chi connectivity index (χ3v) is 9.38. The van der Waals surface area contributed by atoms with Crippen LogP contribution < -0.4 is 5.32 Å². The lowest BCUT2D eigenvalue weighted by Crippen LogP contribution is -2.57. The Kier molecular flexibility index (Phi) is 13.7. The lowest BCUT2D eigenvalue weighted by molar-refractivity contribution is -0.151. The fourth-order valence-corrected chi connectivity index (χ4v) is 6.45. The molecule has 0 aromatic heterocycles. The molecular weight excluding hydrogens is 576 g/mol. The van der Waals surface area contributed by atoms with Crippen molar-refractivity contribution < 1.29 is 39.1 Å². The van der Waals surface area contributed by atoms with Crippen molar-refractivity contribution in [3.05, 3.63) is 36.0 Å². The molecule has 3 heterocycles. The molecule has 10 nitrogen and oxygen atoms in total. The largest absolute Gasteiger partial charge is 0.457 e. The summed E-state index contributed by atoms with van der Waals surface area (Å²) in [5.41, 5.74) is -0.642. The van der Waals surface area contributed by atoms with Crippen molar-refractivity contribution in [3.63, 3.8) is 0 Å². The highest BCUT2D eigenvalue weighted by atomic mass is 16.6. The summed E-state index contributed by atoms with van der Waals surface area (Å²) in [7, 11) is 0. The second-order valence-corrected chi connectivity index (χ2v) is 14.1. The van der Waals surface area contributed by atoms with E-state index in [4.69, 9.17) is 14.2 Å². The van der Waals surface area contributed by atoms with E-state index in [9.17, 15) is 24.9 Å². The van der Waals surface area contributed by atoms with Gasteiger partial charge in [0.25, 0.3) is 0 Å². The van der Waals surface area contributed by atoms with Crippen LogP contribution in [0.25, 0.3) is 0 Å².